The maximum Gasteiger partial charge on any atom is 0.337 e. The number of aromatic nitrogens is 4. The Bertz CT molecular complexity index is 4500. The molecule has 454 valence electrons. The van der Waals surface area contributed by atoms with Gasteiger partial charge >= 0.3 is 17.9 Å². The van der Waals surface area contributed by atoms with E-state index in [-0.39, 0.29) is 5.97 Å². The van der Waals surface area contributed by atoms with Crippen molar-refractivity contribution >= 4 is 91.8 Å². The zero-order chi connectivity index (χ0) is 63.8. The lowest BCUT2D eigenvalue weighted by Crippen LogP contribution is -2.00. The van der Waals surface area contributed by atoms with Crippen molar-refractivity contribution < 1.29 is 29.3 Å². The Morgan fingerprint density at radius 3 is 1.71 bits per heavy atom. The van der Waals surface area contributed by atoms with Crippen LogP contribution in [0.4, 0.5) is 5.69 Å². The molecule has 4 aliphatic rings. The summed E-state index contributed by atoms with van der Waals surface area (Å²) in [5.74, 6) is -2.04. The van der Waals surface area contributed by atoms with Crippen molar-refractivity contribution in [1.29, 1.82) is 0 Å². The van der Waals surface area contributed by atoms with Gasteiger partial charge in [0.05, 0.1) is 36.0 Å². The van der Waals surface area contributed by atoms with Gasteiger partial charge in [0.1, 0.15) is 0 Å². The standard InChI is InChI=1S/C11H11NO2.C11H10O2.C10H9NO2.C10H10.4C9H9N/c1-7-5-9-6-8(11(13)14-2)3-4-10(9)12-7;1-7-4-8-2-3-9(11(12)13)6-10(8)5-7;1-6-4-8-5-7(10(12)13)2-3-9(8)11-6;1-8-5-6-9-3-2-4-10(9)7-8;1-7-2-3-8-5-10-6-9(8)4-7;2*1-7-2-3-8-4-5-10-9(8)6-7;1-7-6-8-4-2-3-5-9(8)10-7/h3-6,12H,1-2H3;2-4,6H,5H2,1H3,(H,12,13);2-5,11H,1H3,(H,12,13);2,4-7H,3H2,1H3;2-4,6H,5H2,1H3;2-3,5-6H,4H2,1H3;2*2-6,10H,1H3. The number of hydrogen-bond donors (Lipinski definition) is 6. The van der Waals surface area contributed by atoms with Gasteiger partial charge in [-0.3, -0.25) is 9.98 Å². The molecule has 16 rings (SSSR count). The first-order valence-electron chi connectivity index (χ1n) is 29.9. The highest BCUT2D eigenvalue weighted by atomic mass is 16.5. The summed E-state index contributed by atoms with van der Waals surface area (Å²) in [4.78, 5) is 53.7. The number of methoxy groups -OCH3 is 1. The lowest BCUT2D eigenvalue weighted by Gasteiger charge is -1.99. The molecule has 0 saturated carbocycles. The van der Waals surface area contributed by atoms with Crippen molar-refractivity contribution in [1.82, 2.24) is 19.9 Å². The van der Waals surface area contributed by atoms with Crippen LogP contribution >= 0.6 is 0 Å². The number of aromatic amines is 4. The lowest BCUT2D eigenvalue weighted by atomic mass is 10.1. The van der Waals surface area contributed by atoms with E-state index in [9.17, 15) is 14.4 Å². The number of nitrogens with zero attached hydrogens (tertiary/aromatic N) is 2. The Labute approximate surface area is 525 Å². The Morgan fingerprint density at radius 1 is 0.467 bits per heavy atom. The SMILES string of the molecule is CC1=Cc2ccc(C(=O)O)cc2C1.COC(=O)c1ccc2[nH]c(C)cc2c1.Cc1cc2cc(C(=O)O)ccc2[nH]1.Cc1cc2ccccc2[nH]1.Cc1ccc2c(c1)C=CC2.Cc1ccc2c(c1)C=NC2.Cc1ccc2c(c1)N=CC2.Cc1ccc2cc[nH]c2c1. The first kappa shape index (κ1) is 63.6. The number of esters is 1. The second-order valence-corrected chi connectivity index (χ2v) is 22.9. The van der Waals surface area contributed by atoms with Gasteiger partial charge in [0, 0.05) is 75.0 Å². The Hall–Kier alpha value is -10.9. The first-order valence-corrected chi connectivity index (χ1v) is 29.9. The predicted octanol–water partition coefficient (Wildman–Crippen LogP) is 18.5. The number of aliphatic imine (C=N–C) groups is 2. The van der Waals surface area contributed by atoms with Crippen LogP contribution in [0, 0.1) is 48.5 Å². The molecule has 0 spiro atoms. The number of aryl methyl sites for hydroxylation is 7. The molecule has 12 aromatic rings. The van der Waals surface area contributed by atoms with Crippen molar-refractivity contribution in [2.75, 3.05) is 7.11 Å². The highest BCUT2D eigenvalue weighted by Crippen LogP contribution is 2.27. The minimum atomic E-state index is -0.888. The molecular weight excluding hydrogens is 1120 g/mol. The Balaban J connectivity index is 0.000000122. The summed E-state index contributed by atoms with van der Waals surface area (Å²) >= 11 is 0. The second-order valence-electron chi connectivity index (χ2n) is 22.9. The van der Waals surface area contributed by atoms with Crippen molar-refractivity contribution in [2.24, 2.45) is 9.98 Å². The number of rotatable bonds is 3. The van der Waals surface area contributed by atoms with Crippen LogP contribution in [-0.4, -0.2) is 67.6 Å². The van der Waals surface area contributed by atoms with E-state index < -0.39 is 11.9 Å². The molecule has 6 heterocycles. The molecule has 12 nitrogen and oxygen atoms in total. The van der Waals surface area contributed by atoms with Gasteiger partial charge in [-0.2, -0.15) is 0 Å². The number of carboxylic acids is 2. The predicted molar refractivity (Wildman–Crippen MR) is 371 cm³/mol. The van der Waals surface area contributed by atoms with Crippen LogP contribution in [0.3, 0.4) is 0 Å². The number of fused-ring (bicyclic) bond motifs is 8. The molecule has 0 amide bonds. The normalized spacial score (nSPS) is 12.0. The Morgan fingerprint density at radius 2 is 1.03 bits per heavy atom. The molecule has 4 aromatic heterocycles. The van der Waals surface area contributed by atoms with Crippen molar-refractivity contribution in [2.45, 2.75) is 81.2 Å². The summed E-state index contributed by atoms with van der Waals surface area (Å²) in [5.41, 5.74) is 25.9. The van der Waals surface area contributed by atoms with E-state index in [0.29, 0.717) is 16.7 Å². The number of carbonyl (C=O) groups is 3. The van der Waals surface area contributed by atoms with Crippen molar-refractivity contribution in [3.8, 4) is 0 Å². The number of para-hydroxylation sites is 1. The second kappa shape index (κ2) is 29.7. The summed E-state index contributed by atoms with van der Waals surface area (Å²) in [5, 5.41) is 22.1. The third kappa shape index (κ3) is 17.2. The number of benzene rings is 8. The number of nitrogens with one attached hydrogen (secondary N) is 4. The number of hydrogen-bond acceptors (Lipinski definition) is 6. The number of allylic oxidation sites excluding steroid dienone is 2. The van der Waals surface area contributed by atoms with E-state index in [1.165, 1.54) is 90.3 Å². The molecule has 0 bridgehead atoms. The average molecular weight is 1190 g/mol. The third-order valence-electron chi connectivity index (χ3n) is 15.3. The van der Waals surface area contributed by atoms with Gasteiger partial charge in [-0.05, 0) is 220 Å². The molecule has 0 atom stereocenters. The van der Waals surface area contributed by atoms with Crippen LogP contribution in [0.25, 0.3) is 55.8 Å². The monoisotopic (exact) mass is 1190 g/mol. The topological polar surface area (TPSA) is 189 Å². The molecular formula is C78H76N6O6. The van der Waals surface area contributed by atoms with Crippen LogP contribution in [0.1, 0.15) is 116 Å². The van der Waals surface area contributed by atoms with Gasteiger partial charge in [-0.25, -0.2) is 14.4 Å². The number of H-pyrrole nitrogens is 4. The van der Waals surface area contributed by atoms with Crippen LogP contribution in [0.5, 0.6) is 0 Å². The van der Waals surface area contributed by atoms with Crippen LogP contribution in [0.15, 0.2) is 204 Å². The summed E-state index contributed by atoms with van der Waals surface area (Å²) < 4.78 is 4.64. The van der Waals surface area contributed by atoms with Gasteiger partial charge < -0.3 is 34.9 Å². The fourth-order valence-electron chi connectivity index (χ4n) is 10.8. The quantitative estimate of drug-likeness (QED) is 0.0955. The number of carboxylic acid groups (broad SMARTS) is 2. The zero-order valence-corrected chi connectivity index (χ0v) is 52.5. The van der Waals surface area contributed by atoms with Crippen LogP contribution in [0.2, 0.25) is 0 Å². The van der Waals surface area contributed by atoms with Crippen molar-refractivity contribution in [3.63, 3.8) is 0 Å². The van der Waals surface area contributed by atoms with Crippen molar-refractivity contribution in [3.05, 3.63) is 289 Å². The lowest BCUT2D eigenvalue weighted by molar-refractivity contribution is 0.0599. The molecule has 8 aromatic carbocycles. The molecule has 0 saturated heterocycles. The first-order chi connectivity index (χ1) is 43.3. The fraction of sp³-hybridized carbons (Fsp3) is 0.167. The molecule has 6 N–H and O–H groups in total. The third-order valence-corrected chi connectivity index (χ3v) is 15.3. The van der Waals surface area contributed by atoms with Crippen LogP contribution < -0.4 is 0 Å². The highest BCUT2D eigenvalue weighted by molar-refractivity contribution is 5.95. The van der Waals surface area contributed by atoms with Gasteiger partial charge in [-0.15, -0.1) is 0 Å². The smallest absolute Gasteiger partial charge is 0.337 e. The van der Waals surface area contributed by atoms with Gasteiger partial charge in [0.2, 0.25) is 0 Å². The molecule has 2 aliphatic carbocycles. The number of carbonyl (C=O) groups excluding carboxylic acids is 1. The largest absolute Gasteiger partial charge is 0.478 e. The van der Waals surface area contributed by atoms with E-state index in [4.69, 9.17) is 10.2 Å². The molecule has 12 heteroatoms. The molecule has 0 unspecified atom stereocenters. The maximum atomic E-state index is 11.2. The average Bonchev–Trinajstić information content (AvgIpc) is 4.50. The summed E-state index contributed by atoms with van der Waals surface area (Å²) in [6.07, 6.45) is 15.4. The van der Waals surface area contributed by atoms with E-state index in [1.807, 2.05) is 68.9 Å². The van der Waals surface area contributed by atoms with Gasteiger partial charge in [0.25, 0.3) is 0 Å². The highest BCUT2D eigenvalue weighted by Gasteiger charge is 2.13. The minimum Gasteiger partial charge on any atom is -0.478 e. The maximum absolute atomic E-state index is 11.2. The van der Waals surface area contributed by atoms with Crippen LogP contribution in [-0.2, 0) is 30.5 Å². The minimum absolute atomic E-state index is 0.300. The molecule has 0 fully saturated rings. The molecule has 90 heavy (non-hydrogen) atoms. The van der Waals surface area contributed by atoms with Gasteiger partial charge in [-0.1, -0.05) is 120 Å². The fourth-order valence-corrected chi connectivity index (χ4v) is 10.8. The van der Waals surface area contributed by atoms with E-state index in [1.54, 1.807) is 36.4 Å². The molecule has 2 aliphatic heterocycles. The van der Waals surface area contributed by atoms with E-state index in [0.717, 1.165) is 75.8 Å². The summed E-state index contributed by atoms with van der Waals surface area (Å²) in [7, 11) is 1.38. The number of ether oxygens (including phenoxy) is 1. The Kier molecular flexibility index (Phi) is 21.0. The zero-order valence-electron chi connectivity index (χ0n) is 52.5. The summed E-state index contributed by atoms with van der Waals surface area (Å²) in [6.45, 7) is 17.3. The molecule has 0 radical (unpaired) electrons. The van der Waals surface area contributed by atoms with E-state index >= 15 is 0 Å². The van der Waals surface area contributed by atoms with E-state index in [2.05, 4.69) is 198 Å². The van der Waals surface area contributed by atoms with Gasteiger partial charge in [0.15, 0.2) is 0 Å². The summed E-state index contributed by atoms with van der Waals surface area (Å²) in [6, 6.07) is 58.1. The number of aromatic carboxylic acids is 2.